The van der Waals surface area contributed by atoms with E-state index >= 15 is 0 Å². The Bertz CT molecular complexity index is 800. The predicted octanol–water partition coefficient (Wildman–Crippen LogP) is 3.23. The van der Waals surface area contributed by atoms with Crippen molar-refractivity contribution in [2.45, 2.75) is 58.8 Å². The van der Waals surface area contributed by atoms with Crippen LogP contribution in [0, 0.1) is 13.8 Å². The summed E-state index contributed by atoms with van der Waals surface area (Å²) in [6.07, 6.45) is 2.72. The molecule has 0 unspecified atom stereocenters. The average Bonchev–Trinajstić information content (AvgIpc) is 3.21. The van der Waals surface area contributed by atoms with Crippen LogP contribution in [0.5, 0.6) is 5.75 Å². The van der Waals surface area contributed by atoms with Crippen LogP contribution in [0.1, 0.15) is 42.3 Å². The largest absolute Gasteiger partial charge is 0.496 e. The normalized spacial score (nSPS) is 23.6. The predicted molar refractivity (Wildman–Crippen MR) is 108 cm³/mol. The van der Waals surface area contributed by atoms with Gasteiger partial charge >= 0.3 is 0 Å². The van der Waals surface area contributed by atoms with Crippen molar-refractivity contribution in [1.82, 2.24) is 19.6 Å². The molecule has 1 aromatic carbocycles. The molecule has 2 saturated heterocycles. The second kappa shape index (κ2) is 7.64. The van der Waals surface area contributed by atoms with Gasteiger partial charge in [0, 0.05) is 43.0 Å². The van der Waals surface area contributed by atoms with Crippen LogP contribution >= 0.6 is 0 Å². The van der Waals surface area contributed by atoms with Crippen LogP contribution in [-0.2, 0) is 13.1 Å². The van der Waals surface area contributed by atoms with E-state index in [1.807, 2.05) is 6.92 Å². The van der Waals surface area contributed by atoms with Gasteiger partial charge in [-0.15, -0.1) is 0 Å². The van der Waals surface area contributed by atoms with Gasteiger partial charge in [0.15, 0.2) is 0 Å². The van der Waals surface area contributed by atoms with Crippen LogP contribution in [-0.4, -0.2) is 58.4 Å². The standard InChI is InChI=1S/C22H32N4O/c1-16-10-17(2)26(23-16)14-20-11-19(7-8-22(20)27-4)13-25-15-21-6-5-9-24(21)12-18(25)3/h7-8,10-11,18,21H,5-6,9,12-15H2,1-4H3/t18-,21+/m0/s1. The van der Waals surface area contributed by atoms with Gasteiger partial charge in [0.05, 0.1) is 19.3 Å². The van der Waals surface area contributed by atoms with Gasteiger partial charge in [0.2, 0.25) is 0 Å². The van der Waals surface area contributed by atoms with Crippen LogP contribution < -0.4 is 4.74 Å². The zero-order valence-corrected chi connectivity index (χ0v) is 17.1. The first-order valence-corrected chi connectivity index (χ1v) is 10.2. The maximum atomic E-state index is 5.63. The number of hydrogen-bond acceptors (Lipinski definition) is 4. The van der Waals surface area contributed by atoms with E-state index in [9.17, 15) is 0 Å². The van der Waals surface area contributed by atoms with Gasteiger partial charge in [0.25, 0.3) is 0 Å². The smallest absolute Gasteiger partial charge is 0.123 e. The number of ether oxygens (including phenoxy) is 1. The molecule has 3 heterocycles. The minimum atomic E-state index is 0.612. The molecule has 2 aromatic rings. The highest BCUT2D eigenvalue weighted by Gasteiger charge is 2.34. The summed E-state index contributed by atoms with van der Waals surface area (Å²) < 4.78 is 7.69. The second-order valence-corrected chi connectivity index (χ2v) is 8.30. The monoisotopic (exact) mass is 368 g/mol. The molecule has 4 rings (SSSR count). The van der Waals surface area contributed by atoms with Gasteiger partial charge in [-0.25, -0.2) is 0 Å². The number of benzene rings is 1. The summed E-state index contributed by atoms with van der Waals surface area (Å²) in [5.41, 5.74) is 4.82. The number of rotatable bonds is 5. The van der Waals surface area contributed by atoms with Crippen molar-refractivity contribution in [3.63, 3.8) is 0 Å². The molecule has 1 aromatic heterocycles. The third kappa shape index (κ3) is 3.90. The van der Waals surface area contributed by atoms with Crippen molar-refractivity contribution in [3.8, 4) is 5.75 Å². The third-order valence-corrected chi connectivity index (χ3v) is 6.22. The minimum Gasteiger partial charge on any atom is -0.496 e. The molecule has 5 nitrogen and oxygen atoms in total. The summed E-state index contributed by atoms with van der Waals surface area (Å²) in [4.78, 5) is 5.34. The molecular weight excluding hydrogens is 336 g/mol. The van der Waals surface area contributed by atoms with Gasteiger partial charge in [-0.1, -0.05) is 6.07 Å². The zero-order valence-electron chi connectivity index (χ0n) is 17.1. The molecule has 0 bridgehead atoms. The number of nitrogens with zero attached hydrogens (tertiary/aromatic N) is 4. The van der Waals surface area contributed by atoms with Crippen molar-refractivity contribution in [1.29, 1.82) is 0 Å². The van der Waals surface area contributed by atoms with Crippen molar-refractivity contribution >= 4 is 0 Å². The Hall–Kier alpha value is -1.85. The zero-order chi connectivity index (χ0) is 19.0. The molecule has 0 N–H and O–H groups in total. The van der Waals surface area contributed by atoms with E-state index in [4.69, 9.17) is 4.74 Å². The molecule has 0 radical (unpaired) electrons. The summed E-state index contributed by atoms with van der Waals surface area (Å²) in [5.74, 6) is 0.944. The maximum Gasteiger partial charge on any atom is 0.123 e. The topological polar surface area (TPSA) is 33.5 Å². The van der Waals surface area contributed by atoms with Crippen LogP contribution in [0.4, 0.5) is 0 Å². The summed E-state index contributed by atoms with van der Waals surface area (Å²) >= 11 is 0. The van der Waals surface area contributed by atoms with Crippen molar-refractivity contribution in [2.24, 2.45) is 0 Å². The van der Waals surface area contributed by atoms with E-state index in [0.29, 0.717) is 6.04 Å². The molecule has 0 aliphatic carbocycles. The van der Waals surface area contributed by atoms with Crippen LogP contribution in [0.15, 0.2) is 24.3 Å². The number of hydrogen-bond donors (Lipinski definition) is 0. The Morgan fingerprint density at radius 3 is 2.74 bits per heavy atom. The Morgan fingerprint density at radius 1 is 1.15 bits per heavy atom. The Labute approximate surface area is 162 Å². The van der Waals surface area contributed by atoms with E-state index < -0.39 is 0 Å². The van der Waals surface area contributed by atoms with Gasteiger partial charge in [0.1, 0.15) is 5.75 Å². The highest BCUT2D eigenvalue weighted by molar-refractivity contribution is 5.37. The van der Waals surface area contributed by atoms with Crippen LogP contribution in [0.3, 0.4) is 0 Å². The SMILES string of the molecule is COc1ccc(CN2C[C@H]3CCCN3C[C@@H]2C)cc1Cn1nc(C)cc1C. The lowest BCUT2D eigenvalue weighted by Crippen LogP contribution is -2.54. The van der Waals surface area contributed by atoms with E-state index in [2.05, 4.69) is 57.7 Å². The van der Waals surface area contributed by atoms with Crippen molar-refractivity contribution in [2.75, 3.05) is 26.7 Å². The lowest BCUT2D eigenvalue weighted by atomic mass is 10.0. The second-order valence-electron chi connectivity index (χ2n) is 8.30. The lowest BCUT2D eigenvalue weighted by Gasteiger charge is -2.42. The number of fused-ring (bicyclic) bond motifs is 1. The molecular formula is C22H32N4O. The molecule has 0 amide bonds. The average molecular weight is 369 g/mol. The Morgan fingerprint density at radius 2 is 2.00 bits per heavy atom. The highest BCUT2D eigenvalue weighted by Crippen LogP contribution is 2.27. The van der Waals surface area contributed by atoms with Gasteiger partial charge in [-0.05, 0) is 63.9 Å². The fourth-order valence-electron chi connectivity index (χ4n) is 4.75. The lowest BCUT2D eigenvalue weighted by molar-refractivity contribution is 0.0540. The molecule has 0 saturated carbocycles. The molecule has 0 spiro atoms. The Kier molecular flexibility index (Phi) is 5.24. The molecule has 2 aliphatic heterocycles. The minimum absolute atomic E-state index is 0.612. The van der Waals surface area contributed by atoms with Crippen molar-refractivity contribution < 1.29 is 4.74 Å². The highest BCUT2D eigenvalue weighted by atomic mass is 16.5. The number of methoxy groups -OCH3 is 1. The molecule has 5 heteroatoms. The van der Waals surface area contributed by atoms with E-state index in [-0.39, 0.29) is 0 Å². The van der Waals surface area contributed by atoms with E-state index in [1.54, 1.807) is 7.11 Å². The fourth-order valence-corrected chi connectivity index (χ4v) is 4.75. The molecule has 2 aliphatic rings. The van der Waals surface area contributed by atoms with Gasteiger partial charge < -0.3 is 4.74 Å². The van der Waals surface area contributed by atoms with Crippen LogP contribution in [0.25, 0.3) is 0 Å². The first-order valence-electron chi connectivity index (χ1n) is 10.2. The fraction of sp³-hybridized carbons (Fsp3) is 0.591. The van der Waals surface area contributed by atoms with E-state index in [1.165, 1.54) is 49.3 Å². The van der Waals surface area contributed by atoms with E-state index in [0.717, 1.165) is 30.6 Å². The molecule has 146 valence electrons. The number of aromatic nitrogens is 2. The molecule has 2 fully saturated rings. The Balaban J connectivity index is 1.52. The third-order valence-electron chi connectivity index (χ3n) is 6.22. The van der Waals surface area contributed by atoms with Crippen LogP contribution in [0.2, 0.25) is 0 Å². The summed E-state index contributed by atoms with van der Waals surface area (Å²) in [6, 6.07) is 10.1. The first kappa shape index (κ1) is 18.5. The summed E-state index contributed by atoms with van der Waals surface area (Å²) in [6.45, 7) is 12.0. The van der Waals surface area contributed by atoms with Gasteiger partial charge in [-0.2, -0.15) is 5.10 Å². The molecule has 27 heavy (non-hydrogen) atoms. The first-order chi connectivity index (χ1) is 13.0. The maximum absolute atomic E-state index is 5.63. The quantitative estimate of drug-likeness (QED) is 0.811. The summed E-state index contributed by atoms with van der Waals surface area (Å²) in [7, 11) is 1.75. The molecule has 2 atom stereocenters. The summed E-state index contributed by atoms with van der Waals surface area (Å²) in [5, 5.41) is 4.62. The number of aryl methyl sites for hydroxylation is 2. The van der Waals surface area contributed by atoms with Gasteiger partial charge in [-0.3, -0.25) is 14.5 Å². The van der Waals surface area contributed by atoms with Crippen molar-refractivity contribution in [3.05, 3.63) is 46.8 Å². The number of piperazine rings is 1.